The van der Waals surface area contributed by atoms with E-state index in [0.717, 1.165) is 44.0 Å². The van der Waals surface area contributed by atoms with Gasteiger partial charge in [-0.1, -0.05) is 15.9 Å². The molecule has 0 bridgehead atoms. The fourth-order valence-electron chi connectivity index (χ4n) is 2.58. The first-order valence-corrected chi connectivity index (χ1v) is 7.74. The highest BCUT2D eigenvalue weighted by Crippen LogP contribution is 2.35. The van der Waals surface area contributed by atoms with Crippen LogP contribution < -0.4 is 4.90 Å². The molecular weight excluding hydrogens is 359 g/mol. The van der Waals surface area contributed by atoms with Gasteiger partial charge in [-0.05, 0) is 25.2 Å². The number of aromatic nitrogens is 1. The van der Waals surface area contributed by atoms with Crippen molar-refractivity contribution in [2.24, 2.45) is 0 Å². The van der Waals surface area contributed by atoms with Gasteiger partial charge in [-0.2, -0.15) is 13.2 Å². The van der Waals surface area contributed by atoms with E-state index >= 15 is 0 Å². The molecule has 118 valence electrons. The molecule has 1 aliphatic rings. The third-order valence-electron chi connectivity index (χ3n) is 3.93. The molecule has 0 amide bonds. The summed E-state index contributed by atoms with van der Waals surface area (Å²) in [5.41, 5.74) is 0.604. The van der Waals surface area contributed by atoms with Crippen LogP contribution in [0.2, 0.25) is 0 Å². The largest absolute Gasteiger partial charge is 0.416 e. The zero-order chi connectivity index (χ0) is 15.9. The van der Waals surface area contributed by atoms with Crippen molar-refractivity contribution in [3.8, 4) is 0 Å². The van der Waals surface area contributed by atoms with Crippen LogP contribution in [0.25, 0.3) is 10.9 Å². The van der Waals surface area contributed by atoms with E-state index in [4.69, 9.17) is 0 Å². The second kappa shape index (κ2) is 5.70. The number of likely N-dealkylation sites (N-methyl/N-ethyl adjacent to an activating group) is 1. The van der Waals surface area contributed by atoms with E-state index in [1.165, 1.54) is 0 Å². The second-order valence-corrected chi connectivity index (χ2v) is 6.36. The summed E-state index contributed by atoms with van der Waals surface area (Å²) in [6.07, 6.45) is -2.71. The van der Waals surface area contributed by atoms with Crippen LogP contribution in [0.3, 0.4) is 0 Å². The van der Waals surface area contributed by atoms with Gasteiger partial charge in [0.15, 0.2) is 0 Å². The number of rotatable bonds is 1. The predicted octanol–water partition coefficient (Wildman–Crippen LogP) is 3.77. The number of hydrogen-bond acceptors (Lipinski definition) is 3. The maximum atomic E-state index is 12.8. The van der Waals surface area contributed by atoms with Crippen LogP contribution in [0.4, 0.5) is 18.9 Å². The number of hydrogen-bond donors (Lipinski definition) is 0. The molecule has 2 heterocycles. The van der Waals surface area contributed by atoms with Crippen molar-refractivity contribution in [2.45, 2.75) is 6.18 Å². The normalized spacial score (nSPS) is 17.2. The van der Waals surface area contributed by atoms with Crippen LogP contribution in [-0.4, -0.2) is 43.1 Å². The molecule has 1 aromatic carbocycles. The second-order valence-electron chi connectivity index (χ2n) is 5.51. The number of alkyl halides is 3. The van der Waals surface area contributed by atoms with Crippen molar-refractivity contribution >= 4 is 32.5 Å². The van der Waals surface area contributed by atoms with Gasteiger partial charge in [-0.3, -0.25) is 4.98 Å². The first kappa shape index (κ1) is 15.6. The molecule has 1 fully saturated rings. The highest BCUT2D eigenvalue weighted by atomic mass is 79.9. The van der Waals surface area contributed by atoms with Gasteiger partial charge in [0.2, 0.25) is 0 Å². The number of piperazine rings is 1. The summed E-state index contributed by atoms with van der Waals surface area (Å²) in [7, 11) is 2.07. The third kappa shape index (κ3) is 3.05. The Morgan fingerprint density at radius 1 is 1.09 bits per heavy atom. The van der Waals surface area contributed by atoms with Crippen LogP contribution in [0.5, 0.6) is 0 Å². The van der Waals surface area contributed by atoms with E-state index < -0.39 is 11.7 Å². The van der Waals surface area contributed by atoms with E-state index in [1.54, 1.807) is 6.20 Å². The molecule has 0 spiro atoms. The van der Waals surface area contributed by atoms with Crippen molar-refractivity contribution in [1.29, 1.82) is 0 Å². The number of halogens is 4. The lowest BCUT2D eigenvalue weighted by molar-refractivity contribution is -0.137. The number of benzene rings is 1. The molecule has 0 unspecified atom stereocenters. The third-order valence-corrected chi connectivity index (χ3v) is 4.59. The topological polar surface area (TPSA) is 19.4 Å². The van der Waals surface area contributed by atoms with Crippen LogP contribution in [0.15, 0.2) is 28.9 Å². The van der Waals surface area contributed by atoms with Gasteiger partial charge < -0.3 is 9.80 Å². The lowest BCUT2D eigenvalue weighted by atomic mass is 10.1. The van der Waals surface area contributed by atoms with Gasteiger partial charge in [0, 0.05) is 36.0 Å². The lowest BCUT2D eigenvalue weighted by Crippen LogP contribution is -2.44. The number of nitrogens with zero attached hydrogens (tertiary/aromatic N) is 3. The van der Waals surface area contributed by atoms with Crippen molar-refractivity contribution < 1.29 is 13.2 Å². The average Bonchev–Trinajstić information content (AvgIpc) is 2.47. The molecule has 3 rings (SSSR count). The van der Waals surface area contributed by atoms with Crippen molar-refractivity contribution in [3.05, 3.63) is 34.4 Å². The highest BCUT2D eigenvalue weighted by molar-refractivity contribution is 9.10. The summed E-state index contributed by atoms with van der Waals surface area (Å²) in [4.78, 5) is 8.68. The smallest absolute Gasteiger partial charge is 0.368 e. The molecule has 2 aromatic rings. The predicted molar refractivity (Wildman–Crippen MR) is 84.2 cm³/mol. The summed E-state index contributed by atoms with van der Waals surface area (Å²) < 4.78 is 38.9. The Balaban J connectivity index is 1.98. The Labute approximate surface area is 134 Å². The average molecular weight is 374 g/mol. The zero-order valence-electron chi connectivity index (χ0n) is 12.0. The van der Waals surface area contributed by atoms with Crippen LogP contribution in [0, 0.1) is 0 Å². The Kier molecular flexibility index (Phi) is 4.03. The lowest BCUT2D eigenvalue weighted by Gasteiger charge is -2.34. The fourth-order valence-corrected chi connectivity index (χ4v) is 3.14. The van der Waals surface area contributed by atoms with Gasteiger partial charge in [0.25, 0.3) is 0 Å². The minimum Gasteiger partial charge on any atom is -0.368 e. The molecule has 1 saturated heterocycles. The van der Waals surface area contributed by atoms with Gasteiger partial charge in [-0.15, -0.1) is 0 Å². The van der Waals surface area contributed by atoms with E-state index in [1.807, 2.05) is 6.07 Å². The number of pyridine rings is 1. The molecule has 22 heavy (non-hydrogen) atoms. The summed E-state index contributed by atoms with van der Waals surface area (Å²) in [6, 6.07) is 4.10. The number of fused-ring (bicyclic) bond motifs is 1. The van der Waals surface area contributed by atoms with Gasteiger partial charge in [0.05, 0.1) is 23.0 Å². The molecule has 0 aliphatic carbocycles. The Hall–Kier alpha value is -1.34. The minimum absolute atomic E-state index is 0.347. The fraction of sp³-hybridized carbons (Fsp3) is 0.400. The van der Waals surface area contributed by atoms with Crippen molar-refractivity contribution in [2.75, 3.05) is 38.1 Å². The van der Waals surface area contributed by atoms with Crippen LogP contribution in [0.1, 0.15) is 5.56 Å². The molecule has 0 radical (unpaired) electrons. The van der Waals surface area contributed by atoms with Gasteiger partial charge in [-0.25, -0.2) is 0 Å². The van der Waals surface area contributed by atoms with Crippen molar-refractivity contribution in [3.63, 3.8) is 0 Å². The molecule has 1 aromatic heterocycles. The highest BCUT2D eigenvalue weighted by Gasteiger charge is 2.31. The monoisotopic (exact) mass is 373 g/mol. The summed E-state index contributed by atoms with van der Waals surface area (Å²) in [5, 5.41) is 0.699. The first-order chi connectivity index (χ1) is 10.3. The van der Waals surface area contributed by atoms with Crippen LogP contribution >= 0.6 is 15.9 Å². The molecule has 0 saturated carbocycles. The van der Waals surface area contributed by atoms with Crippen LogP contribution in [-0.2, 0) is 6.18 Å². The van der Waals surface area contributed by atoms with E-state index in [9.17, 15) is 13.2 Å². The maximum Gasteiger partial charge on any atom is 0.416 e. The van der Waals surface area contributed by atoms with Gasteiger partial charge >= 0.3 is 6.18 Å². The molecule has 0 atom stereocenters. The quantitative estimate of drug-likeness (QED) is 0.758. The molecule has 0 N–H and O–H groups in total. The Morgan fingerprint density at radius 3 is 2.41 bits per heavy atom. The maximum absolute atomic E-state index is 12.8. The minimum atomic E-state index is -4.37. The van der Waals surface area contributed by atoms with Gasteiger partial charge in [0.1, 0.15) is 0 Å². The summed E-state index contributed by atoms with van der Waals surface area (Å²) in [5.74, 6) is 0. The Bertz CT molecular complexity index is 694. The van der Waals surface area contributed by atoms with Crippen molar-refractivity contribution in [1.82, 2.24) is 9.88 Å². The molecule has 1 aliphatic heterocycles. The SMILES string of the molecule is CN1CCN(c2cnc3cc(C(F)(F)F)cc(Br)c3c2)CC1. The summed E-state index contributed by atoms with van der Waals surface area (Å²) in [6.45, 7) is 3.71. The van der Waals surface area contributed by atoms with E-state index in [2.05, 4.69) is 37.8 Å². The van der Waals surface area contributed by atoms with E-state index in [0.29, 0.717) is 15.4 Å². The zero-order valence-corrected chi connectivity index (χ0v) is 13.6. The molecular formula is C15H15BrF3N3. The van der Waals surface area contributed by atoms with E-state index in [-0.39, 0.29) is 0 Å². The number of anilines is 1. The molecule has 7 heteroatoms. The first-order valence-electron chi connectivity index (χ1n) is 6.94. The molecule has 3 nitrogen and oxygen atoms in total. The standard InChI is InChI=1S/C15H15BrF3N3/c1-21-2-4-22(5-3-21)11-8-12-13(16)6-10(15(17,18)19)7-14(12)20-9-11/h6-9H,2-5H2,1H3. The summed E-state index contributed by atoms with van der Waals surface area (Å²) >= 11 is 3.24. The Morgan fingerprint density at radius 2 is 1.77 bits per heavy atom.